The van der Waals surface area contributed by atoms with E-state index in [0.29, 0.717) is 10.7 Å². The van der Waals surface area contributed by atoms with E-state index in [1.165, 1.54) is 23.5 Å². The normalized spacial score (nSPS) is 14.8. The van der Waals surface area contributed by atoms with Crippen LogP contribution < -0.4 is 10.5 Å². The van der Waals surface area contributed by atoms with Crippen LogP contribution in [-0.4, -0.2) is 14.3 Å². The zero-order valence-corrected chi connectivity index (χ0v) is 14.8. The largest absolute Gasteiger partial charge is 0.598 e. The summed E-state index contributed by atoms with van der Waals surface area (Å²) in [4.78, 5) is 4.79. The molecule has 2 rings (SSSR count). The van der Waals surface area contributed by atoms with E-state index in [1.807, 2.05) is 20.8 Å². The summed E-state index contributed by atoms with van der Waals surface area (Å²) in [7, 11) is 0. The Labute approximate surface area is 141 Å². The lowest BCUT2D eigenvalue weighted by atomic mass is 10.1. The Bertz CT molecular complexity index is 660. The van der Waals surface area contributed by atoms with E-state index in [9.17, 15) is 8.94 Å². The Morgan fingerprint density at radius 2 is 2.14 bits per heavy atom. The number of thiazole rings is 1. The number of nitrogen functional groups attached to an aromatic ring is 1. The molecule has 2 atom stereocenters. The van der Waals surface area contributed by atoms with E-state index in [-0.39, 0.29) is 5.02 Å². The molecule has 1 aromatic heterocycles. The highest BCUT2D eigenvalue weighted by molar-refractivity contribution is 7.90. The lowest BCUT2D eigenvalue weighted by molar-refractivity contribution is 0.536. The van der Waals surface area contributed by atoms with Gasteiger partial charge in [0.05, 0.1) is 4.88 Å². The number of hydrogen-bond donors (Lipinski definition) is 2. The number of nitrogens with one attached hydrogen (secondary N) is 1. The van der Waals surface area contributed by atoms with Crippen LogP contribution in [0.15, 0.2) is 24.4 Å². The number of halogens is 2. The third kappa shape index (κ3) is 4.11. The van der Waals surface area contributed by atoms with Gasteiger partial charge in [0.1, 0.15) is 16.6 Å². The standard InChI is InChI=1S/C14H17ClFN3OS2/c1-14(2,3)22(20)19-12(11-7-18-13(17)21-11)9-5-4-8(16)6-10(9)15/h4-7,12,19H,1-3H3,(H2,17,18)/t12-,22-/m1/s1. The molecule has 0 aliphatic rings. The Kier molecular flexibility index (Phi) is 5.34. The zero-order valence-electron chi connectivity index (χ0n) is 12.4. The maximum absolute atomic E-state index is 13.3. The van der Waals surface area contributed by atoms with Gasteiger partial charge in [-0.1, -0.05) is 17.7 Å². The third-order valence-corrected chi connectivity index (χ3v) is 5.66. The van der Waals surface area contributed by atoms with Crippen molar-refractivity contribution in [1.29, 1.82) is 0 Å². The van der Waals surface area contributed by atoms with Crippen LogP contribution in [0.2, 0.25) is 5.02 Å². The Morgan fingerprint density at radius 3 is 2.64 bits per heavy atom. The molecule has 22 heavy (non-hydrogen) atoms. The second-order valence-electron chi connectivity index (χ2n) is 5.70. The number of nitrogens with zero attached hydrogens (tertiary/aromatic N) is 1. The molecule has 0 radical (unpaired) electrons. The highest BCUT2D eigenvalue weighted by Crippen LogP contribution is 2.34. The minimum absolute atomic E-state index is 0.260. The van der Waals surface area contributed by atoms with Crippen molar-refractivity contribution in [2.24, 2.45) is 0 Å². The van der Waals surface area contributed by atoms with Crippen molar-refractivity contribution in [3.63, 3.8) is 0 Å². The molecule has 0 aliphatic carbocycles. The van der Waals surface area contributed by atoms with Gasteiger partial charge in [0.2, 0.25) is 0 Å². The second kappa shape index (κ2) is 6.72. The average Bonchev–Trinajstić information content (AvgIpc) is 2.82. The molecule has 0 bridgehead atoms. The third-order valence-electron chi connectivity index (χ3n) is 2.88. The van der Waals surface area contributed by atoms with Crippen molar-refractivity contribution < 1.29 is 8.94 Å². The van der Waals surface area contributed by atoms with Crippen molar-refractivity contribution in [1.82, 2.24) is 9.71 Å². The number of nitrogens with two attached hydrogens (primary N) is 1. The summed E-state index contributed by atoms with van der Waals surface area (Å²) >= 11 is 6.09. The maximum atomic E-state index is 13.3. The van der Waals surface area contributed by atoms with Gasteiger partial charge in [-0.05, 0) is 38.5 Å². The SMILES string of the molecule is CC(C)(C)[S@@+]([O-])N[C@@H](c1cnc(N)s1)c1ccc(F)cc1Cl. The fourth-order valence-corrected chi connectivity index (χ4v) is 3.66. The molecule has 0 aliphatic heterocycles. The van der Waals surface area contributed by atoms with Gasteiger partial charge < -0.3 is 10.3 Å². The van der Waals surface area contributed by atoms with Crippen molar-refractivity contribution in [2.45, 2.75) is 31.6 Å². The molecule has 120 valence electrons. The first-order valence-electron chi connectivity index (χ1n) is 6.52. The zero-order chi connectivity index (χ0) is 16.5. The minimum Gasteiger partial charge on any atom is -0.598 e. The van der Waals surface area contributed by atoms with Gasteiger partial charge in [0, 0.05) is 22.6 Å². The molecular weight excluding hydrogens is 345 g/mol. The molecule has 2 aromatic rings. The highest BCUT2D eigenvalue weighted by Gasteiger charge is 2.32. The molecule has 0 saturated heterocycles. The van der Waals surface area contributed by atoms with Crippen LogP contribution in [0.25, 0.3) is 0 Å². The van der Waals surface area contributed by atoms with Crippen molar-refractivity contribution in [3.8, 4) is 0 Å². The van der Waals surface area contributed by atoms with E-state index in [0.717, 1.165) is 4.88 Å². The molecule has 4 nitrogen and oxygen atoms in total. The lowest BCUT2D eigenvalue weighted by Crippen LogP contribution is -2.41. The van der Waals surface area contributed by atoms with E-state index in [4.69, 9.17) is 17.3 Å². The van der Waals surface area contributed by atoms with Gasteiger partial charge in [-0.3, -0.25) is 0 Å². The lowest BCUT2D eigenvalue weighted by Gasteiger charge is -2.28. The van der Waals surface area contributed by atoms with Crippen LogP contribution in [0.1, 0.15) is 37.3 Å². The topological polar surface area (TPSA) is 74.0 Å². The van der Waals surface area contributed by atoms with Gasteiger partial charge >= 0.3 is 0 Å². The predicted octanol–water partition coefficient (Wildman–Crippen LogP) is 3.66. The average molecular weight is 362 g/mol. The monoisotopic (exact) mass is 361 g/mol. The molecule has 0 amide bonds. The van der Waals surface area contributed by atoms with Crippen LogP contribution in [0.3, 0.4) is 0 Å². The maximum Gasteiger partial charge on any atom is 0.180 e. The Hall–Kier alpha value is -0.860. The summed E-state index contributed by atoms with van der Waals surface area (Å²) in [5.74, 6) is -0.423. The van der Waals surface area contributed by atoms with Gasteiger partial charge in [0.15, 0.2) is 5.13 Å². The molecule has 1 heterocycles. The van der Waals surface area contributed by atoms with E-state index in [1.54, 1.807) is 12.3 Å². The van der Waals surface area contributed by atoms with E-state index < -0.39 is 28.0 Å². The molecule has 0 fully saturated rings. The summed E-state index contributed by atoms with van der Waals surface area (Å²) in [6.45, 7) is 5.58. The fraction of sp³-hybridized carbons (Fsp3) is 0.357. The van der Waals surface area contributed by atoms with Crippen LogP contribution in [0, 0.1) is 5.82 Å². The number of anilines is 1. The summed E-state index contributed by atoms with van der Waals surface area (Å²) < 4.78 is 28.3. The second-order valence-corrected chi connectivity index (χ2v) is 9.20. The number of hydrogen-bond acceptors (Lipinski definition) is 5. The van der Waals surface area contributed by atoms with Gasteiger partial charge in [0.25, 0.3) is 0 Å². The quantitative estimate of drug-likeness (QED) is 0.815. The Morgan fingerprint density at radius 1 is 1.45 bits per heavy atom. The minimum atomic E-state index is -1.34. The number of benzene rings is 1. The van der Waals surface area contributed by atoms with Crippen molar-refractivity contribution in [2.75, 3.05) is 5.73 Å². The van der Waals surface area contributed by atoms with Crippen LogP contribution in [-0.2, 0) is 11.4 Å². The number of rotatable bonds is 4. The molecule has 1 aromatic carbocycles. The summed E-state index contributed by atoms with van der Waals surface area (Å²) in [6, 6.07) is 3.66. The smallest absolute Gasteiger partial charge is 0.180 e. The first-order valence-corrected chi connectivity index (χ1v) is 8.87. The predicted molar refractivity (Wildman–Crippen MR) is 90.8 cm³/mol. The van der Waals surface area contributed by atoms with Crippen LogP contribution in [0.5, 0.6) is 0 Å². The van der Waals surface area contributed by atoms with Gasteiger partial charge in [-0.15, -0.1) is 16.1 Å². The Balaban J connectivity index is 2.41. The van der Waals surface area contributed by atoms with Crippen molar-refractivity contribution in [3.05, 3.63) is 45.7 Å². The van der Waals surface area contributed by atoms with E-state index in [2.05, 4.69) is 9.71 Å². The van der Waals surface area contributed by atoms with Crippen molar-refractivity contribution >= 4 is 39.4 Å². The van der Waals surface area contributed by atoms with Crippen LogP contribution in [0.4, 0.5) is 9.52 Å². The molecule has 3 N–H and O–H groups in total. The van der Waals surface area contributed by atoms with Gasteiger partial charge in [-0.25, -0.2) is 9.37 Å². The fourth-order valence-electron chi connectivity index (χ4n) is 1.73. The van der Waals surface area contributed by atoms with Crippen LogP contribution >= 0.6 is 22.9 Å². The number of aromatic nitrogens is 1. The molecule has 0 unspecified atom stereocenters. The van der Waals surface area contributed by atoms with Gasteiger partial charge in [-0.2, -0.15) is 0 Å². The molecule has 0 saturated carbocycles. The highest BCUT2D eigenvalue weighted by atomic mass is 35.5. The molecule has 0 spiro atoms. The summed E-state index contributed by atoms with van der Waals surface area (Å²) in [5.41, 5.74) is 6.31. The van der Waals surface area contributed by atoms with E-state index >= 15 is 0 Å². The molecule has 8 heteroatoms. The first kappa shape index (κ1) is 17.5. The molecular formula is C14H17ClFN3OS2. The summed E-state index contributed by atoms with van der Waals surface area (Å²) in [5, 5.41) is 0.664. The first-order chi connectivity index (χ1) is 10.2. The summed E-state index contributed by atoms with van der Waals surface area (Å²) in [6.07, 6.45) is 1.61.